The fourth-order valence-corrected chi connectivity index (χ4v) is 2.72. The van der Waals surface area contributed by atoms with Crippen LogP contribution in [-0.2, 0) is 10.9 Å². The zero-order valence-corrected chi connectivity index (χ0v) is 12.4. The molecule has 2 aromatic rings. The number of aromatic nitrogens is 1. The summed E-state index contributed by atoms with van der Waals surface area (Å²) in [5.74, 6) is -2.54. The van der Waals surface area contributed by atoms with E-state index in [4.69, 9.17) is 16.0 Å². The maximum absolute atomic E-state index is 12.9. The number of hydrogen-bond acceptors (Lipinski definition) is 5. The van der Waals surface area contributed by atoms with Gasteiger partial charge in [-0.1, -0.05) is 11.6 Å². The molecule has 0 radical (unpaired) electrons. The van der Waals surface area contributed by atoms with Crippen molar-refractivity contribution in [3.05, 3.63) is 27.4 Å². The molecule has 0 bridgehead atoms. The molecule has 0 unspecified atom stereocenters. The van der Waals surface area contributed by atoms with Crippen LogP contribution < -0.4 is 0 Å². The molecule has 0 amide bonds. The van der Waals surface area contributed by atoms with Gasteiger partial charge in [-0.2, -0.15) is 13.2 Å². The highest BCUT2D eigenvalue weighted by Gasteiger charge is 2.42. The normalized spacial score (nSPS) is 11.7. The van der Waals surface area contributed by atoms with E-state index in [-0.39, 0.29) is 22.4 Å². The van der Waals surface area contributed by atoms with Gasteiger partial charge in [0, 0.05) is 0 Å². The van der Waals surface area contributed by atoms with E-state index in [0.717, 1.165) is 11.3 Å². The third-order valence-corrected chi connectivity index (χ3v) is 4.13. The maximum Gasteiger partial charge on any atom is 0.437 e. The predicted octanol–water partition coefficient (Wildman–Crippen LogP) is 4.56. The minimum Gasteiger partial charge on any atom is -0.460 e. The lowest BCUT2D eigenvalue weighted by Crippen LogP contribution is -2.14. The van der Waals surface area contributed by atoms with Crippen LogP contribution in [0.2, 0.25) is 5.02 Å². The molecule has 21 heavy (non-hydrogen) atoms. The second-order valence-electron chi connectivity index (χ2n) is 3.98. The Hall–Kier alpha value is -1.54. The van der Waals surface area contributed by atoms with Crippen molar-refractivity contribution >= 4 is 28.9 Å². The first-order valence-corrected chi connectivity index (χ1v) is 7.00. The topological polar surface area (TPSA) is 52.3 Å². The lowest BCUT2D eigenvalue weighted by Gasteiger charge is -2.03. The molecule has 0 saturated heterocycles. The van der Waals surface area contributed by atoms with Crippen LogP contribution in [0.15, 0.2) is 9.80 Å². The van der Waals surface area contributed by atoms with Crippen molar-refractivity contribution in [1.29, 1.82) is 0 Å². The number of esters is 1. The van der Waals surface area contributed by atoms with Gasteiger partial charge in [0.1, 0.15) is 4.88 Å². The molecule has 0 aromatic carbocycles. The lowest BCUT2D eigenvalue weighted by atomic mass is 10.3. The number of thiophene rings is 1. The van der Waals surface area contributed by atoms with E-state index in [9.17, 15) is 18.0 Å². The quantitative estimate of drug-likeness (QED) is 0.769. The highest BCUT2D eigenvalue weighted by atomic mass is 35.5. The molecule has 0 aliphatic rings. The summed E-state index contributed by atoms with van der Waals surface area (Å²) in [4.78, 5) is 15.2. The molecular weight excluding hydrogens is 331 g/mol. The summed E-state index contributed by atoms with van der Waals surface area (Å²) >= 11 is 7.05. The summed E-state index contributed by atoms with van der Waals surface area (Å²) in [6.07, 6.45) is -4.83. The van der Waals surface area contributed by atoms with Gasteiger partial charge in [0.25, 0.3) is 0 Å². The van der Waals surface area contributed by atoms with E-state index in [1.807, 2.05) is 0 Å². The largest absolute Gasteiger partial charge is 0.460 e. The van der Waals surface area contributed by atoms with Crippen LogP contribution in [0.3, 0.4) is 0 Å². The second-order valence-corrected chi connectivity index (χ2v) is 5.23. The average Bonchev–Trinajstić information content (AvgIpc) is 2.95. The molecule has 0 spiro atoms. The zero-order valence-electron chi connectivity index (χ0n) is 10.9. The van der Waals surface area contributed by atoms with Crippen molar-refractivity contribution in [2.45, 2.75) is 20.0 Å². The van der Waals surface area contributed by atoms with Crippen molar-refractivity contribution in [2.75, 3.05) is 6.61 Å². The van der Waals surface area contributed by atoms with E-state index >= 15 is 0 Å². The fraction of sp³-hybridized carbons (Fsp3) is 0.333. The number of carbonyl (C=O) groups is 1. The minimum atomic E-state index is -4.83. The molecule has 2 aromatic heterocycles. The summed E-state index contributed by atoms with van der Waals surface area (Å²) in [5, 5.41) is 1.89. The van der Waals surface area contributed by atoms with Crippen LogP contribution in [0.4, 0.5) is 13.2 Å². The monoisotopic (exact) mass is 339 g/mol. The number of carbonyl (C=O) groups excluding carboxylic acids is 1. The van der Waals surface area contributed by atoms with Gasteiger partial charge in [-0.15, -0.1) is 11.3 Å². The van der Waals surface area contributed by atoms with Crippen LogP contribution in [0.25, 0.3) is 10.8 Å². The van der Waals surface area contributed by atoms with Crippen LogP contribution >= 0.6 is 22.9 Å². The Morgan fingerprint density at radius 2 is 2.19 bits per heavy atom. The van der Waals surface area contributed by atoms with Crippen molar-refractivity contribution < 1.29 is 27.1 Å². The Labute approximate surface area is 126 Å². The van der Waals surface area contributed by atoms with Crippen LogP contribution in [0.5, 0.6) is 0 Å². The number of rotatable bonds is 3. The van der Waals surface area contributed by atoms with E-state index in [0.29, 0.717) is 5.56 Å². The molecule has 0 aliphatic carbocycles. The Balaban J connectivity index is 2.56. The van der Waals surface area contributed by atoms with E-state index in [1.165, 1.54) is 6.92 Å². The molecule has 0 fully saturated rings. The Morgan fingerprint density at radius 3 is 2.67 bits per heavy atom. The smallest absolute Gasteiger partial charge is 0.437 e. The fourth-order valence-electron chi connectivity index (χ4n) is 1.52. The van der Waals surface area contributed by atoms with Crippen molar-refractivity contribution in [1.82, 2.24) is 4.98 Å². The molecule has 2 rings (SSSR count). The molecule has 0 atom stereocenters. The number of hydrogen-bond donors (Lipinski definition) is 0. The zero-order chi connectivity index (χ0) is 15.8. The van der Waals surface area contributed by atoms with Gasteiger partial charge in [-0.25, -0.2) is 9.78 Å². The van der Waals surface area contributed by atoms with E-state index < -0.39 is 23.6 Å². The van der Waals surface area contributed by atoms with Gasteiger partial charge in [0.2, 0.25) is 11.7 Å². The minimum absolute atomic E-state index is 0.0783. The summed E-state index contributed by atoms with van der Waals surface area (Å²) in [7, 11) is 0. The van der Waals surface area contributed by atoms with Crippen LogP contribution in [-0.4, -0.2) is 17.6 Å². The molecule has 0 N–H and O–H groups in total. The van der Waals surface area contributed by atoms with Gasteiger partial charge >= 0.3 is 12.1 Å². The first kappa shape index (κ1) is 15.8. The predicted molar refractivity (Wildman–Crippen MR) is 70.5 cm³/mol. The summed E-state index contributed by atoms with van der Waals surface area (Å²) < 4.78 is 48.3. The number of aryl methyl sites for hydroxylation is 1. The standard InChI is InChI=1S/C12H9ClF3NO3S/c1-3-19-11(18)7-9(12(14,15)16)17-10(20-7)8-6(13)5(2)4-21-8/h4H,3H2,1-2H3. The molecule has 0 aliphatic heterocycles. The average molecular weight is 340 g/mol. The third-order valence-electron chi connectivity index (χ3n) is 2.45. The molecule has 114 valence electrons. The molecule has 9 heteroatoms. The third kappa shape index (κ3) is 3.06. The highest BCUT2D eigenvalue weighted by molar-refractivity contribution is 7.14. The number of nitrogens with zero attached hydrogens (tertiary/aromatic N) is 1. The van der Waals surface area contributed by atoms with E-state index in [2.05, 4.69) is 9.72 Å². The summed E-state index contributed by atoms with van der Waals surface area (Å²) in [6.45, 7) is 3.09. The van der Waals surface area contributed by atoms with Gasteiger partial charge < -0.3 is 9.15 Å². The van der Waals surface area contributed by atoms with Gasteiger partial charge in [-0.05, 0) is 24.8 Å². The Kier molecular flexibility index (Phi) is 4.29. The number of ether oxygens (including phenoxy) is 1. The van der Waals surface area contributed by atoms with Crippen molar-refractivity contribution in [3.8, 4) is 10.8 Å². The van der Waals surface area contributed by atoms with Crippen molar-refractivity contribution in [2.24, 2.45) is 0 Å². The van der Waals surface area contributed by atoms with Crippen molar-refractivity contribution in [3.63, 3.8) is 0 Å². The first-order valence-electron chi connectivity index (χ1n) is 5.74. The SMILES string of the molecule is CCOC(=O)c1oc(-c2scc(C)c2Cl)nc1C(F)(F)F. The van der Waals surface area contributed by atoms with Crippen LogP contribution in [0.1, 0.15) is 28.7 Å². The first-order chi connectivity index (χ1) is 9.75. The number of oxazole rings is 1. The Bertz CT molecular complexity index is 678. The van der Waals surface area contributed by atoms with Crippen LogP contribution in [0, 0.1) is 6.92 Å². The number of halogens is 4. The molecule has 2 heterocycles. The maximum atomic E-state index is 12.9. The second kappa shape index (κ2) is 5.69. The molecular formula is C12H9ClF3NO3S. The highest BCUT2D eigenvalue weighted by Crippen LogP contribution is 2.40. The van der Waals surface area contributed by atoms with Gasteiger partial charge in [-0.3, -0.25) is 0 Å². The van der Waals surface area contributed by atoms with E-state index in [1.54, 1.807) is 12.3 Å². The summed E-state index contributed by atoms with van der Waals surface area (Å²) in [5.41, 5.74) is -0.737. The lowest BCUT2D eigenvalue weighted by molar-refractivity contribution is -0.141. The van der Waals surface area contributed by atoms with Gasteiger partial charge in [0.15, 0.2) is 5.69 Å². The summed E-state index contributed by atoms with van der Waals surface area (Å²) in [6, 6.07) is 0. The Morgan fingerprint density at radius 1 is 1.52 bits per heavy atom. The molecule has 4 nitrogen and oxygen atoms in total. The van der Waals surface area contributed by atoms with Gasteiger partial charge in [0.05, 0.1) is 11.6 Å². The molecule has 0 saturated carbocycles. The number of alkyl halides is 3.